The molecule has 0 spiro atoms. The van der Waals surface area contributed by atoms with Crippen molar-refractivity contribution >= 4 is 5.91 Å². The molecule has 3 N–H and O–H groups in total. The van der Waals surface area contributed by atoms with Gasteiger partial charge in [-0.25, -0.2) is 0 Å². The van der Waals surface area contributed by atoms with Crippen LogP contribution >= 0.6 is 0 Å². The molecule has 0 saturated heterocycles. The minimum absolute atomic E-state index is 0.0838. The van der Waals surface area contributed by atoms with E-state index < -0.39 is 0 Å². The van der Waals surface area contributed by atoms with Gasteiger partial charge in [0.2, 0.25) is 5.91 Å². The van der Waals surface area contributed by atoms with Crippen molar-refractivity contribution in [2.45, 2.75) is 65.5 Å². The third-order valence-electron chi connectivity index (χ3n) is 4.69. The number of amides is 1. The van der Waals surface area contributed by atoms with Gasteiger partial charge in [-0.1, -0.05) is 27.2 Å². The van der Waals surface area contributed by atoms with Crippen LogP contribution < -0.4 is 11.1 Å². The fourth-order valence-electron chi connectivity index (χ4n) is 3.22. The van der Waals surface area contributed by atoms with E-state index in [0.29, 0.717) is 5.92 Å². The molecule has 0 bridgehead atoms. The molecular formula is C16H33N3O. The van der Waals surface area contributed by atoms with Crippen LogP contribution in [0.5, 0.6) is 0 Å². The molecule has 118 valence electrons. The van der Waals surface area contributed by atoms with E-state index >= 15 is 0 Å². The molecule has 0 radical (unpaired) electrons. The van der Waals surface area contributed by atoms with E-state index in [4.69, 9.17) is 5.73 Å². The average molecular weight is 283 g/mol. The second-order valence-corrected chi connectivity index (χ2v) is 6.37. The fourth-order valence-corrected chi connectivity index (χ4v) is 3.22. The van der Waals surface area contributed by atoms with Gasteiger partial charge in [0.1, 0.15) is 0 Å². The van der Waals surface area contributed by atoms with Crippen molar-refractivity contribution in [1.82, 2.24) is 10.2 Å². The molecule has 4 atom stereocenters. The first kappa shape index (κ1) is 17.4. The van der Waals surface area contributed by atoms with E-state index in [2.05, 4.69) is 37.9 Å². The second kappa shape index (κ2) is 8.63. The average Bonchev–Trinajstić information content (AvgIpc) is 2.43. The van der Waals surface area contributed by atoms with E-state index in [1.807, 2.05) is 0 Å². The summed E-state index contributed by atoms with van der Waals surface area (Å²) in [5, 5.41) is 3.17. The molecule has 4 nitrogen and oxygen atoms in total. The molecule has 0 aromatic heterocycles. The summed E-state index contributed by atoms with van der Waals surface area (Å²) < 4.78 is 0. The predicted molar refractivity (Wildman–Crippen MR) is 84.5 cm³/mol. The zero-order valence-electron chi connectivity index (χ0n) is 13.7. The SMILES string of the molecule is CCN(CC)CC(C)NC(=O)C(C)C1CCCC(N)C1. The highest BCUT2D eigenvalue weighted by atomic mass is 16.1. The molecule has 1 aliphatic rings. The van der Waals surface area contributed by atoms with Crippen molar-refractivity contribution < 1.29 is 4.79 Å². The van der Waals surface area contributed by atoms with Gasteiger partial charge in [0.25, 0.3) is 0 Å². The smallest absolute Gasteiger partial charge is 0.223 e. The highest BCUT2D eigenvalue weighted by molar-refractivity contribution is 5.78. The van der Waals surface area contributed by atoms with Crippen LogP contribution in [-0.4, -0.2) is 42.5 Å². The minimum atomic E-state index is 0.0838. The Morgan fingerprint density at radius 3 is 2.50 bits per heavy atom. The zero-order chi connectivity index (χ0) is 15.1. The first-order valence-electron chi connectivity index (χ1n) is 8.26. The first-order chi connectivity index (χ1) is 9.47. The van der Waals surface area contributed by atoms with Crippen LogP contribution in [0.3, 0.4) is 0 Å². The van der Waals surface area contributed by atoms with Gasteiger partial charge in [0, 0.05) is 24.5 Å². The van der Waals surface area contributed by atoms with Crippen molar-refractivity contribution in [1.29, 1.82) is 0 Å². The number of hydrogen-bond acceptors (Lipinski definition) is 3. The molecule has 4 unspecified atom stereocenters. The normalized spacial score (nSPS) is 26.3. The Balaban J connectivity index is 2.40. The molecule has 0 aromatic carbocycles. The lowest BCUT2D eigenvalue weighted by molar-refractivity contribution is -0.127. The van der Waals surface area contributed by atoms with Gasteiger partial charge < -0.3 is 16.0 Å². The molecule has 4 heteroatoms. The van der Waals surface area contributed by atoms with Crippen LogP contribution in [0.1, 0.15) is 53.4 Å². The topological polar surface area (TPSA) is 58.4 Å². The highest BCUT2D eigenvalue weighted by Crippen LogP contribution is 2.29. The lowest BCUT2D eigenvalue weighted by Gasteiger charge is -2.31. The largest absolute Gasteiger partial charge is 0.352 e. The monoisotopic (exact) mass is 283 g/mol. The van der Waals surface area contributed by atoms with E-state index in [-0.39, 0.29) is 23.9 Å². The summed E-state index contributed by atoms with van der Waals surface area (Å²) in [5.41, 5.74) is 6.03. The summed E-state index contributed by atoms with van der Waals surface area (Å²) in [4.78, 5) is 14.7. The summed E-state index contributed by atoms with van der Waals surface area (Å²) in [6.07, 6.45) is 4.42. The van der Waals surface area contributed by atoms with Gasteiger partial charge in [-0.2, -0.15) is 0 Å². The van der Waals surface area contributed by atoms with Crippen LogP contribution in [0.2, 0.25) is 0 Å². The Morgan fingerprint density at radius 2 is 1.95 bits per heavy atom. The quantitative estimate of drug-likeness (QED) is 0.751. The molecule has 0 heterocycles. The van der Waals surface area contributed by atoms with Gasteiger partial charge in [-0.3, -0.25) is 4.79 Å². The maximum absolute atomic E-state index is 12.3. The number of hydrogen-bond donors (Lipinski definition) is 2. The lowest BCUT2D eigenvalue weighted by atomic mass is 9.78. The van der Waals surface area contributed by atoms with Crippen molar-refractivity contribution in [3.63, 3.8) is 0 Å². The van der Waals surface area contributed by atoms with Crippen molar-refractivity contribution in [2.75, 3.05) is 19.6 Å². The zero-order valence-corrected chi connectivity index (χ0v) is 13.7. The van der Waals surface area contributed by atoms with Crippen LogP contribution in [0, 0.1) is 11.8 Å². The Morgan fingerprint density at radius 1 is 1.30 bits per heavy atom. The minimum Gasteiger partial charge on any atom is -0.352 e. The van der Waals surface area contributed by atoms with Crippen molar-refractivity contribution in [2.24, 2.45) is 17.6 Å². The molecule has 1 fully saturated rings. The van der Waals surface area contributed by atoms with Crippen LogP contribution in [-0.2, 0) is 4.79 Å². The molecule has 1 saturated carbocycles. The Kier molecular flexibility index (Phi) is 7.52. The van der Waals surface area contributed by atoms with E-state index in [1.54, 1.807) is 0 Å². The number of nitrogens with one attached hydrogen (secondary N) is 1. The molecule has 1 rings (SSSR count). The summed E-state index contributed by atoms with van der Waals surface area (Å²) in [6, 6.07) is 0.499. The van der Waals surface area contributed by atoms with Gasteiger partial charge in [0.15, 0.2) is 0 Å². The van der Waals surface area contributed by atoms with Crippen LogP contribution in [0.4, 0.5) is 0 Å². The van der Waals surface area contributed by atoms with Gasteiger partial charge >= 0.3 is 0 Å². The molecular weight excluding hydrogens is 250 g/mol. The van der Waals surface area contributed by atoms with Crippen molar-refractivity contribution in [3.05, 3.63) is 0 Å². The fraction of sp³-hybridized carbons (Fsp3) is 0.938. The predicted octanol–water partition coefficient (Wildman–Crippen LogP) is 1.99. The number of nitrogens with zero attached hydrogens (tertiary/aromatic N) is 1. The lowest BCUT2D eigenvalue weighted by Crippen LogP contribution is -2.45. The number of carbonyl (C=O) groups excluding carboxylic acids is 1. The first-order valence-corrected chi connectivity index (χ1v) is 8.26. The van der Waals surface area contributed by atoms with E-state index in [9.17, 15) is 4.79 Å². The van der Waals surface area contributed by atoms with Crippen LogP contribution in [0.25, 0.3) is 0 Å². The summed E-state index contributed by atoms with van der Waals surface area (Å²) >= 11 is 0. The standard InChI is InChI=1S/C16H33N3O/c1-5-19(6-2)11-12(3)18-16(20)13(4)14-8-7-9-15(17)10-14/h12-15H,5-11,17H2,1-4H3,(H,18,20). The van der Waals surface area contributed by atoms with E-state index in [0.717, 1.165) is 38.9 Å². The second-order valence-electron chi connectivity index (χ2n) is 6.37. The van der Waals surface area contributed by atoms with E-state index in [1.165, 1.54) is 6.42 Å². The summed E-state index contributed by atoms with van der Waals surface area (Å²) in [6.45, 7) is 11.5. The third-order valence-corrected chi connectivity index (χ3v) is 4.69. The van der Waals surface area contributed by atoms with Gasteiger partial charge in [0.05, 0.1) is 0 Å². The summed E-state index contributed by atoms with van der Waals surface area (Å²) in [7, 11) is 0. The highest BCUT2D eigenvalue weighted by Gasteiger charge is 2.29. The number of likely N-dealkylation sites (N-methyl/N-ethyl adjacent to an activating group) is 1. The van der Waals surface area contributed by atoms with Gasteiger partial charge in [-0.05, 0) is 45.2 Å². The molecule has 1 aliphatic carbocycles. The van der Waals surface area contributed by atoms with Crippen LogP contribution in [0.15, 0.2) is 0 Å². The molecule has 1 amide bonds. The van der Waals surface area contributed by atoms with Gasteiger partial charge in [-0.15, -0.1) is 0 Å². The molecule has 0 aliphatic heterocycles. The number of carbonyl (C=O) groups is 1. The Bertz CT molecular complexity index is 291. The number of nitrogens with two attached hydrogens (primary N) is 1. The Hall–Kier alpha value is -0.610. The Labute approximate surface area is 124 Å². The molecule has 0 aromatic rings. The van der Waals surface area contributed by atoms with Crippen molar-refractivity contribution in [3.8, 4) is 0 Å². The third kappa shape index (κ3) is 5.41. The maximum atomic E-state index is 12.3. The number of rotatable bonds is 7. The molecule has 20 heavy (non-hydrogen) atoms. The maximum Gasteiger partial charge on any atom is 0.223 e. The summed E-state index contributed by atoms with van der Waals surface area (Å²) in [5.74, 6) is 0.740.